The van der Waals surface area contributed by atoms with E-state index in [4.69, 9.17) is 9.84 Å². The number of anilines is 1. The molecule has 34 heavy (non-hydrogen) atoms. The molecule has 0 unspecified atom stereocenters. The van der Waals surface area contributed by atoms with Crippen molar-refractivity contribution in [3.8, 4) is 11.5 Å². The number of rotatable bonds is 6. The van der Waals surface area contributed by atoms with Gasteiger partial charge in [-0.25, -0.2) is 27.9 Å². The van der Waals surface area contributed by atoms with Gasteiger partial charge in [-0.15, -0.1) is 10.2 Å². The van der Waals surface area contributed by atoms with E-state index in [2.05, 4.69) is 20.2 Å². The summed E-state index contributed by atoms with van der Waals surface area (Å²) in [5.74, 6) is -1.19. The van der Waals surface area contributed by atoms with E-state index < -0.39 is 38.6 Å². The normalized spacial score (nSPS) is 11.9. The van der Waals surface area contributed by atoms with Crippen LogP contribution in [0, 0.1) is 0 Å². The predicted molar refractivity (Wildman–Crippen MR) is 111 cm³/mol. The fraction of sp³-hybridized carbons (Fsp3) is 0.0500. The Balaban J connectivity index is 1.56. The maximum Gasteiger partial charge on any atom is 0.416 e. The zero-order valence-electron chi connectivity index (χ0n) is 16.7. The summed E-state index contributed by atoms with van der Waals surface area (Å²) in [5, 5.41) is 16.5. The van der Waals surface area contributed by atoms with Crippen molar-refractivity contribution in [2.24, 2.45) is 0 Å². The number of carboxylic acid groups (broad SMARTS) is 1. The van der Waals surface area contributed by atoms with E-state index in [0.717, 1.165) is 18.2 Å². The van der Waals surface area contributed by atoms with Crippen LogP contribution in [-0.2, 0) is 16.2 Å². The summed E-state index contributed by atoms with van der Waals surface area (Å²) in [6.07, 6.45) is -3.44. The van der Waals surface area contributed by atoms with Crippen molar-refractivity contribution in [2.45, 2.75) is 11.1 Å². The molecule has 0 aliphatic heterocycles. The molecule has 2 heterocycles. The Bertz CT molecular complexity index is 1510. The van der Waals surface area contributed by atoms with Crippen molar-refractivity contribution in [2.75, 3.05) is 4.72 Å². The quantitative estimate of drug-likeness (QED) is 0.412. The first-order chi connectivity index (χ1) is 16.0. The van der Waals surface area contributed by atoms with Crippen LogP contribution in [-0.4, -0.2) is 39.7 Å². The summed E-state index contributed by atoms with van der Waals surface area (Å²) in [6, 6.07) is 10.3. The topological polar surface area (TPSA) is 144 Å². The summed E-state index contributed by atoms with van der Waals surface area (Å²) in [4.78, 5) is 18.1. The van der Waals surface area contributed by atoms with E-state index >= 15 is 0 Å². The van der Waals surface area contributed by atoms with Crippen LogP contribution >= 0.6 is 0 Å². The number of carbonyl (C=O) groups is 1. The molecule has 0 aliphatic carbocycles. The van der Waals surface area contributed by atoms with Crippen molar-refractivity contribution in [3.63, 3.8) is 0 Å². The molecule has 0 fully saturated rings. The van der Waals surface area contributed by atoms with Crippen molar-refractivity contribution in [1.82, 2.24) is 20.2 Å². The van der Waals surface area contributed by atoms with E-state index in [1.54, 1.807) is 0 Å². The Morgan fingerprint density at radius 3 is 2.47 bits per heavy atom. The number of pyridine rings is 1. The van der Waals surface area contributed by atoms with Crippen molar-refractivity contribution < 1.29 is 36.2 Å². The second-order valence-corrected chi connectivity index (χ2v) is 8.38. The molecule has 0 bridgehead atoms. The molecule has 0 aliphatic rings. The van der Waals surface area contributed by atoms with Gasteiger partial charge in [0.25, 0.3) is 16.0 Å². The first-order valence-corrected chi connectivity index (χ1v) is 10.7. The number of benzene rings is 2. The van der Waals surface area contributed by atoms with Crippen molar-refractivity contribution in [1.29, 1.82) is 0 Å². The van der Waals surface area contributed by atoms with Gasteiger partial charge in [-0.3, -0.25) is 0 Å². The van der Waals surface area contributed by atoms with E-state index in [1.165, 1.54) is 36.5 Å². The summed E-state index contributed by atoms with van der Waals surface area (Å²) in [7, 11) is -4.42. The fourth-order valence-electron chi connectivity index (χ4n) is 2.77. The number of fused-ring (bicyclic) bond motifs is 1. The maximum absolute atomic E-state index is 12.9. The third kappa shape index (κ3) is 5.01. The van der Waals surface area contributed by atoms with Gasteiger partial charge in [-0.05, 0) is 36.4 Å². The molecule has 0 saturated heterocycles. The van der Waals surface area contributed by atoms with Crippen LogP contribution in [0.4, 0.5) is 19.1 Å². The number of hydrogen-bond donors (Lipinski definition) is 2. The lowest BCUT2D eigenvalue weighted by Gasteiger charge is -2.10. The van der Waals surface area contributed by atoms with Gasteiger partial charge < -0.3 is 9.84 Å². The van der Waals surface area contributed by atoms with Gasteiger partial charge in [0.2, 0.25) is 0 Å². The minimum atomic E-state index is -4.71. The van der Waals surface area contributed by atoms with Gasteiger partial charge in [0.15, 0.2) is 5.69 Å². The minimum Gasteiger partial charge on any atom is -0.477 e. The van der Waals surface area contributed by atoms with Gasteiger partial charge in [0.1, 0.15) is 17.0 Å². The molecule has 4 aromatic rings. The third-order valence-corrected chi connectivity index (χ3v) is 5.64. The van der Waals surface area contributed by atoms with Crippen LogP contribution in [0.1, 0.15) is 16.1 Å². The molecule has 0 radical (unpaired) electrons. The van der Waals surface area contributed by atoms with Gasteiger partial charge in [-0.1, -0.05) is 6.07 Å². The molecule has 14 heteroatoms. The molecule has 0 atom stereocenters. The highest BCUT2D eigenvalue weighted by Gasteiger charge is 2.31. The average molecular weight is 491 g/mol. The monoisotopic (exact) mass is 491 g/mol. The highest BCUT2D eigenvalue weighted by atomic mass is 32.2. The summed E-state index contributed by atoms with van der Waals surface area (Å²) in [6.45, 7) is 0. The standard InChI is InChI=1S/C20H12F3N5O5S/c21-20(22,23)11-2-1-3-14(8-11)34(31,32)28-19-25-15-5-4-12(9-16(15)26-27-19)33-13-6-7-24-17(10-13)18(29)30/h1-10H,(H,29,30)(H,25,27,28). The number of nitrogens with one attached hydrogen (secondary N) is 1. The van der Waals surface area contributed by atoms with E-state index in [0.29, 0.717) is 6.07 Å². The smallest absolute Gasteiger partial charge is 0.416 e. The van der Waals surface area contributed by atoms with E-state index in [1.807, 2.05) is 4.72 Å². The first kappa shape index (κ1) is 22.8. The van der Waals surface area contributed by atoms with Crippen LogP contribution in [0.3, 0.4) is 0 Å². The largest absolute Gasteiger partial charge is 0.477 e. The lowest BCUT2D eigenvalue weighted by Crippen LogP contribution is -2.16. The van der Waals surface area contributed by atoms with E-state index in [-0.39, 0.29) is 28.2 Å². The Labute approximate surface area is 189 Å². The number of alkyl halides is 3. The highest BCUT2D eigenvalue weighted by Crippen LogP contribution is 2.31. The first-order valence-electron chi connectivity index (χ1n) is 9.23. The maximum atomic E-state index is 12.9. The molecule has 0 saturated carbocycles. The van der Waals surface area contributed by atoms with Crippen LogP contribution in [0.5, 0.6) is 11.5 Å². The number of aromatic carboxylic acids is 1. The summed E-state index contributed by atoms with van der Waals surface area (Å²) < 4.78 is 71.3. The third-order valence-electron chi connectivity index (χ3n) is 4.31. The molecule has 174 valence electrons. The molecule has 2 aromatic heterocycles. The summed E-state index contributed by atoms with van der Waals surface area (Å²) >= 11 is 0. The van der Waals surface area contributed by atoms with Crippen LogP contribution < -0.4 is 9.46 Å². The number of ether oxygens (including phenoxy) is 1. The molecule has 0 amide bonds. The number of nitrogens with zero attached hydrogens (tertiary/aromatic N) is 4. The van der Waals surface area contributed by atoms with Gasteiger partial charge in [0.05, 0.1) is 16.0 Å². The lowest BCUT2D eigenvalue weighted by atomic mass is 10.2. The number of hydrogen-bond acceptors (Lipinski definition) is 8. The molecular weight excluding hydrogens is 479 g/mol. The average Bonchev–Trinajstić information content (AvgIpc) is 2.78. The van der Waals surface area contributed by atoms with Crippen LogP contribution in [0.15, 0.2) is 65.7 Å². The van der Waals surface area contributed by atoms with Crippen molar-refractivity contribution in [3.05, 3.63) is 72.1 Å². The SMILES string of the molecule is O=C(O)c1cc(Oc2ccc3nc(NS(=O)(=O)c4cccc(C(F)(F)F)c4)nnc3c2)ccn1. The predicted octanol–water partition coefficient (Wildman–Crippen LogP) is 3.73. The molecule has 0 spiro atoms. The molecule has 2 N–H and O–H groups in total. The molecular formula is C20H12F3N5O5S. The van der Waals surface area contributed by atoms with Crippen molar-refractivity contribution >= 4 is 33.0 Å². The Hall–Kier alpha value is -4.33. The van der Waals surface area contributed by atoms with Gasteiger partial charge in [0, 0.05) is 18.3 Å². The van der Waals surface area contributed by atoms with Gasteiger partial charge >= 0.3 is 12.1 Å². The lowest BCUT2D eigenvalue weighted by molar-refractivity contribution is -0.137. The fourth-order valence-corrected chi connectivity index (χ4v) is 3.75. The second kappa shape index (κ2) is 8.55. The molecule has 4 rings (SSSR count). The van der Waals surface area contributed by atoms with Crippen LogP contribution in [0.25, 0.3) is 11.0 Å². The Kier molecular flexibility index (Phi) is 5.75. The Morgan fingerprint density at radius 2 is 1.74 bits per heavy atom. The number of aromatic nitrogens is 4. The number of sulfonamides is 1. The zero-order valence-corrected chi connectivity index (χ0v) is 17.5. The van der Waals surface area contributed by atoms with E-state index in [9.17, 15) is 26.4 Å². The van der Waals surface area contributed by atoms with Crippen LogP contribution in [0.2, 0.25) is 0 Å². The molecule has 10 nitrogen and oxygen atoms in total. The zero-order chi connectivity index (χ0) is 24.5. The summed E-state index contributed by atoms with van der Waals surface area (Å²) in [5.41, 5.74) is -0.903. The van der Waals surface area contributed by atoms with Gasteiger partial charge in [-0.2, -0.15) is 13.2 Å². The number of halogens is 3. The minimum absolute atomic E-state index is 0.207. The second-order valence-electron chi connectivity index (χ2n) is 6.70. The highest BCUT2D eigenvalue weighted by molar-refractivity contribution is 7.92. The number of carboxylic acids is 1. The Morgan fingerprint density at radius 1 is 0.971 bits per heavy atom. The molecule has 2 aromatic carbocycles.